The fraction of sp³-hybridized carbons (Fsp3) is 0.632. The zero-order valence-electron chi connectivity index (χ0n) is 15.2. The lowest BCUT2D eigenvalue weighted by Gasteiger charge is -2.28. The second-order valence-electron chi connectivity index (χ2n) is 6.45. The second kappa shape index (κ2) is 10.5. The van der Waals surface area contributed by atoms with Crippen molar-refractivity contribution >= 4 is 17.6 Å². The number of hydrogen-bond donors (Lipinski definition) is 3. The molecule has 1 unspecified atom stereocenters. The van der Waals surface area contributed by atoms with Crippen LogP contribution in [0.15, 0.2) is 29.3 Å². The van der Waals surface area contributed by atoms with Crippen molar-refractivity contribution in [2.24, 2.45) is 4.99 Å². The SMILES string of the molecule is CCNC(=NCC(CC)Oc1ccccc1Cl)NC1CCC(O)CC1. The summed E-state index contributed by atoms with van der Waals surface area (Å²) in [6, 6.07) is 7.88. The van der Waals surface area contributed by atoms with Crippen LogP contribution in [0.4, 0.5) is 0 Å². The number of halogens is 1. The third-order valence-electron chi connectivity index (χ3n) is 4.42. The Morgan fingerprint density at radius 1 is 1.28 bits per heavy atom. The van der Waals surface area contributed by atoms with Crippen molar-refractivity contribution < 1.29 is 9.84 Å². The molecule has 6 heteroatoms. The molecule has 1 saturated carbocycles. The molecular formula is C19H30ClN3O2. The molecule has 1 aliphatic rings. The van der Waals surface area contributed by atoms with Crippen molar-refractivity contribution in [3.8, 4) is 5.75 Å². The van der Waals surface area contributed by atoms with Gasteiger partial charge in [0.05, 0.1) is 17.7 Å². The van der Waals surface area contributed by atoms with Crippen molar-refractivity contribution in [3.63, 3.8) is 0 Å². The van der Waals surface area contributed by atoms with E-state index in [2.05, 4.69) is 29.5 Å². The van der Waals surface area contributed by atoms with Crippen molar-refractivity contribution in [3.05, 3.63) is 29.3 Å². The number of nitrogens with one attached hydrogen (secondary N) is 2. The normalized spacial score (nSPS) is 22.3. The third-order valence-corrected chi connectivity index (χ3v) is 4.73. The molecule has 1 fully saturated rings. The lowest BCUT2D eigenvalue weighted by Crippen LogP contribution is -2.45. The van der Waals surface area contributed by atoms with Crippen molar-refractivity contribution in [2.45, 2.75) is 64.2 Å². The van der Waals surface area contributed by atoms with Crippen LogP contribution in [0.1, 0.15) is 46.0 Å². The first-order valence-corrected chi connectivity index (χ1v) is 9.64. The minimum atomic E-state index is -0.147. The van der Waals surface area contributed by atoms with Gasteiger partial charge in [0.2, 0.25) is 0 Å². The molecule has 0 heterocycles. The van der Waals surface area contributed by atoms with Crippen LogP contribution in [-0.4, -0.2) is 42.4 Å². The molecule has 5 nitrogen and oxygen atoms in total. The van der Waals surface area contributed by atoms with Crippen LogP contribution >= 0.6 is 11.6 Å². The van der Waals surface area contributed by atoms with Crippen LogP contribution in [0.3, 0.4) is 0 Å². The molecule has 0 radical (unpaired) electrons. The lowest BCUT2D eigenvalue weighted by atomic mass is 9.93. The number of aliphatic hydroxyl groups is 1. The monoisotopic (exact) mass is 367 g/mol. The van der Waals surface area contributed by atoms with Gasteiger partial charge in [-0.05, 0) is 51.2 Å². The van der Waals surface area contributed by atoms with Crippen LogP contribution in [-0.2, 0) is 0 Å². The van der Waals surface area contributed by atoms with Crippen LogP contribution in [0, 0.1) is 0 Å². The van der Waals surface area contributed by atoms with Crippen LogP contribution in [0.2, 0.25) is 5.02 Å². The highest BCUT2D eigenvalue weighted by Gasteiger charge is 2.20. The molecule has 1 aromatic rings. The molecule has 0 amide bonds. The number of benzene rings is 1. The molecule has 0 saturated heterocycles. The van der Waals surface area contributed by atoms with Gasteiger partial charge in [0.15, 0.2) is 5.96 Å². The summed E-state index contributed by atoms with van der Waals surface area (Å²) < 4.78 is 6.00. The minimum absolute atomic E-state index is 0.0245. The van der Waals surface area contributed by atoms with Gasteiger partial charge in [-0.3, -0.25) is 0 Å². The minimum Gasteiger partial charge on any atom is -0.487 e. The first kappa shape index (κ1) is 19.9. The maximum absolute atomic E-state index is 9.63. The maximum Gasteiger partial charge on any atom is 0.191 e. The molecule has 3 N–H and O–H groups in total. The summed E-state index contributed by atoms with van der Waals surface area (Å²) in [6.07, 6.45) is 4.32. The first-order chi connectivity index (χ1) is 12.1. The standard InChI is InChI=1S/C19H30ClN3O2/c1-3-16(25-18-8-6-5-7-17(18)20)13-22-19(21-4-2)23-14-9-11-15(24)12-10-14/h5-8,14-16,24H,3-4,9-13H2,1-2H3,(H2,21,22,23). The molecule has 0 bridgehead atoms. The van der Waals surface area contributed by atoms with E-state index in [-0.39, 0.29) is 12.2 Å². The Kier molecular flexibility index (Phi) is 8.35. The highest BCUT2D eigenvalue weighted by Crippen LogP contribution is 2.25. The number of ether oxygens (including phenoxy) is 1. The van der Waals surface area contributed by atoms with Gasteiger partial charge in [-0.25, -0.2) is 4.99 Å². The second-order valence-corrected chi connectivity index (χ2v) is 6.86. The molecule has 0 spiro atoms. The lowest BCUT2D eigenvalue weighted by molar-refractivity contribution is 0.120. The largest absolute Gasteiger partial charge is 0.487 e. The Morgan fingerprint density at radius 3 is 2.64 bits per heavy atom. The molecule has 25 heavy (non-hydrogen) atoms. The summed E-state index contributed by atoms with van der Waals surface area (Å²) in [5, 5.41) is 17.0. The third kappa shape index (κ3) is 6.75. The summed E-state index contributed by atoms with van der Waals surface area (Å²) in [6.45, 7) is 5.51. The topological polar surface area (TPSA) is 65.9 Å². The molecule has 140 valence electrons. The number of guanidine groups is 1. The van der Waals surface area contributed by atoms with Gasteiger partial charge in [0.25, 0.3) is 0 Å². The number of nitrogens with zero attached hydrogens (tertiary/aromatic N) is 1. The zero-order valence-corrected chi connectivity index (χ0v) is 15.9. The van der Waals surface area contributed by atoms with Gasteiger partial charge < -0.3 is 20.5 Å². The maximum atomic E-state index is 9.63. The molecule has 1 aliphatic carbocycles. The summed E-state index contributed by atoms with van der Waals surface area (Å²) in [4.78, 5) is 4.69. The summed E-state index contributed by atoms with van der Waals surface area (Å²) in [5.41, 5.74) is 0. The summed E-state index contributed by atoms with van der Waals surface area (Å²) >= 11 is 6.17. The van der Waals surface area contributed by atoms with E-state index in [1.54, 1.807) is 0 Å². The van der Waals surface area contributed by atoms with E-state index in [0.717, 1.165) is 44.6 Å². The highest BCUT2D eigenvalue weighted by molar-refractivity contribution is 6.32. The van der Waals surface area contributed by atoms with Crippen molar-refractivity contribution in [2.75, 3.05) is 13.1 Å². The van der Waals surface area contributed by atoms with Crippen LogP contribution < -0.4 is 15.4 Å². The summed E-state index contributed by atoms with van der Waals surface area (Å²) in [5.74, 6) is 1.51. The number of aliphatic imine (C=N–C) groups is 1. The predicted octanol–water partition coefficient (Wildman–Crippen LogP) is 3.36. The van der Waals surface area contributed by atoms with Crippen LogP contribution in [0.25, 0.3) is 0 Å². The fourth-order valence-corrected chi connectivity index (χ4v) is 3.08. The highest BCUT2D eigenvalue weighted by atomic mass is 35.5. The average Bonchev–Trinajstić information content (AvgIpc) is 2.62. The van der Waals surface area contributed by atoms with Gasteiger partial charge in [-0.2, -0.15) is 0 Å². The van der Waals surface area contributed by atoms with Gasteiger partial charge in [0.1, 0.15) is 11.9 Å². The van der Waals surface area contributed by atoms with E-state index >= 15 is 0 Å². The van der Waals surface area contributed by atoms with E-state index in [1.165, 1.54) is 0 Å². The Hall–Kier alpha value is -1.46. The van der Waals surface area contributed by atoms with Crippen molar-refractivity contribution in [1.29, 1.82) is 0 Å². The van der Waals surface area contributed by atoms with Crippen LogP contribution in [0.5, 0.6) is 5.75 Å². The molecule has 2 rings (SSSR count). The van der Waals surface area contributed by atoms with Crippen molar-refractivity contribution in [1.82, 2.24) is 10.6 Å². The Labute approximate surface area is 155 Å². The number of rotatable bonds is 7. The molecular weight excluding hydrogens is 338 g/mol. The van der Waals surface area contributed by atoms with Gasteiger partial charge in [0, 0.05) is 12.6 Å². The van der Waals surface area contributed by atoms with E-state index in [0.29, 0.717) is 23.4 Å². The Bertz CT molecular complexity index is 545. The van der Waals surface area contributed by atoms with Gasteiger partial charge in [-0.15, -0.1) is 0 Å². The first-order valence-electron chi connectivity index (χ1n) is 9.26. The van der Waals surface area contributed by atoms with Gasteiger partial charge >= 0.3 is 0 Å². The fourth-order valence-electron chi connectivity index (χ4n) is 2.90. The van der Waals surface area contributed by atoms with E-state index in [1.807, 2.05) is 24.3 Å². The molecule has 0 aromatic heterocycles. The zero-order chi connectivity index (χ0) is 18.1. The van der Waals surface area contributed by atoms with E-state index < -0.39 is 0 Å². The van der Waals surface area contributed by atoms with E-state index in [9.17, 15) is 5.11 Å². The number of para-hydroxylation sites is 1. The Morgan fingerprint density at radius 2 is 2.00 bits per heavy atom. The van der Waals surface area contributed by atoms with Gasteiger partial charge in [-0.1, -0.05) is 30.7 Å². The predicted molar refractivity (Wildman–Crippen MR) is 104 cm³/mol. The number of aliphatic hydroxyl groups excluding tert-OH is 1. The Balaban J connectivity index is 1.92. The smallest absolute Gasteiger partial charge is 0.191 e. The molecule has 1 atom stereocenters. The number of hydrogen-bond acceptors (Lipinski definition) is 3. The van der Waals surface area contributed by atoms with E-state index in [4.69, 9.17) is 16.3 Å². The average molecular weight is 368 g/mol. The summed E-state index contributed by atoms with van der Waals surface area (Å²) in [7, 11) is 0. The molecule has 1 aromatic carbocycles. The molecule has 0 aliphatic heterocycles. The quantitative estimate of drug-likeness (QED) is 0.510.